The van der Waals surface area contributed by atoms with E-state index in [0.717, 1.165) is 23.7 Å². The highest BCUT2D eigenvalue weighted by Gasteiger charge is 2.40. The summed E-state index contributed by atoms with van der Waals surface area (Å²) >= 11 is 0. The van der Waals surface area contributed by atoms with Gasteiger partial charge in [-0.1, -0.05) is 6.07 Å². The van der Waals surface area contributed by atoms with Gasteiger partial charge in [0.2, 0.25) is 0 Å². The maximum atomic E-state index is 13.4. The van der Waals surface area contributed by atoms with Gasteiger partial charge in [0, 0.05) is 18.9 Å². The molecule has 28 heavy (non-hydrogen) atoms. The quantitative estimate of drug-likeness (QED) is 0.692. The number of aromatic carboxylic acids is 1. The number of sulfonamides is 1. The summed E-state index contributed by atoms with van der Waals surface area (Å²) < 4.78 is 67.1. The maximum absolute atomic E-state index is 13.4. The predicted octanol–water partition coefficient (Wildman–Crippen LogP) is 1.97. The zero-order valence-corrected chi connectivity index (χ0v) is 15.2. The highest BCUT2D eigenvalue weighted by atomic mass is 32.2. The number of aryl methyl sites for hydroxylation is 1. The third-order valence-corrected chi connectivity index (χ3v) is 5.34. The van der Waals surface area contributed by atoms with Crippen LogP contribution < -0.4 is 4.31 Å². The van der Waals surface area contributed by atoms with Crippen molar-refractivity contribution in [3.63, 3.8) is 0 Å². The minimum atomic E-state index is -4.99. The molecule has 0 aliphatic rings. The largest absolute Gasteiger partial charge is 0.478 e. The summed E-state index contributed by atoms with van der Waals surface area (Å²) in [5, 5.41) is 12.2. The molecule has 0 unspecified atom stereocenters. The van der Waals surface area contributed by atoms with Crippen LogP contribution in [0.4, 0.5) is 18.9 Å². The fraction of sp³-hybridized carbons (Fsp3) is 0.200. The summed E-state index contributed by atoms with van der Waals surface area (Å²) in [4.78, 5) is 19.1. The molecule has 0 amide bonds. The van der Waals surface area contributed by atoms with Crippen LogP contribution in [-0.4, -0.2) is 46.1 Å². The smallest absolute Gasteiger partial charge is 0.418 e. The van der Waals surface area contributed by atoms with Gasteiger partial charge in [0.1, 0.15) is 0 Å². The van der Waals surface area contributed by atoms with Gasteiger partial charge >= 0.3 is 22.2 Å². The molecule has 0 aliphatic carbocycles. The zero-order valence-electron chi connectivity index (χ0n) is 14.3. The number of hydrogen-bond acceptors (Lipinski definition) is 6. The number of anilines is 1. The first kappa shape index (κ1) is 19.5. The van der Waals surface area contributed by atoms with Crippen LogP contribution in [0, 0.1) is 6.92 Å². The molecule has 2 heterocycles. The van der Waals surface area contributed by atoms with Gasteiger partial charge in [-0.25, -0.2) is 14.3 Å². The summed E-state index contributed by atoms with van der Waals surface area (Å²) in [5.74, 6) is -1.79. The number of carboxylic acids is 1. The maximum Gasteiger partial charge on any atom is 0.418 e. The van der Waals surface area contributed by atoms with E-state index in [4.69, 9.17) is 0 Å². The average Bonchev–Trinajstić information content (AvgIpc) is 3.03. The van der Waals surface area contributed by atoms with E-state index in [9.17, 15) is 31.5 Å². The van der Waals surface area contributed by atoms with Crippen LogP contribution >= 0.6 is 0 Å². The molecule has 1 N–H and O–H groups in total. The van der Waals surface area contributed by atoms with Crippen LogP contribution in [0.5, 0.6) is 0 Å². The van der Waals surface area contributed by atoms with Gasteiger partial charge in [0.25, 0.3) is 10.9 Å². The molecular formula is C15H12F3N5O4S. The fourth-order valence-corrected chi connectivity index (χ4v) is 3.55. The molecule has 3 aromatic rings. The van der Waals surface area contributed by atoms with E-state index in [-0.39, 0.29) is 10.1 Å². The minimum Gasteiger partial charge on any atom is -0.478 e. The molecule has 0 saturated heterocycles. The van der Waals surface area contributed by atoms with E-state index in [1.807, 2.05) is 0 Å². The topological polar surface area (TPSA) is 118 Å². The summed E-state index contributed by atoms with van der Waals surface area (Å²) in [5.41, 5.74) is -2.77. The third kappa shape index (κ3) is 3.24. The van der Waals surface area contributed by atoms with Crippen LogP contribution in [0.3, 0.4) is 0 Å². The van der Waals surface area contributed by atoms with Gasteiger partial charge in [0.15, 0.2) is 0 Å². The van der Waals surface area contributed by atoms with Crippen LogP contribution in [0.25, 0.3) is 5.78 Å². The van der Waals surface area contributed by atoms with Crippen LogP contribution in [0.1, 0.15) is 21.6 Å². The number of para-hydroxylation sites is 1. The van der Waals surface area contributed by atoms with Gasteiger partial charge in [0.05, 0.1) is 16.8 Å². The molecule has 0 aliphatic heterocycles. The molecule has 0 atom stereocenters. The lowest BCUT2D eigenvalue weighted by Crippen LogP contribution is -2.31. The number of carbonyl (C=O) groups is 1. The molecule has 2 aromatic heterocycles. The van der Waals surface area contributed by atoms with E-state index in [0.29, 0.717) is 11.8 Å². The van der Waals surface area contributed by atoms with Gasteiger partial charge in [-0.3, -0.25) is 4.31 Å². The predicted molar refractivity (Wildman–Crippen MR) is 89.5 cm³/mol. The first-order valence-corrected chi connectivity index (χ1v) is 8.99. The Balaban J connectivity index is 2.22. The van der Waals surface area contributed by atoms with E-state index in [2.05, 4.69) is 15.1 Å². The Kier molecular flexibility index (Phi) is 4.49. The third-order valence-electron chi connectivity index (χ3n) is 3.81. The summed E-state index contributed by atoms with van der Waals surface area (Å²) in [7, 11) is -3.92. The molecule has 0 radical (unpaired) electrons. The Hall–Kier alpha value is -3.22. The van der Waals surface area contributed by atoms with Crippen LogP contribution in [-0.2, 0) is 16.2 Å². The van der Waals surface area contributed by atoms with Crippen molar-refractivity contribution in [3.05, 3.63) is 47.3 Å². The van der Waals surface area contributed by atoms with Gasteiger partial charge in [-0.15, -0.1) is 5.10 Å². The lowest BCUT2D eigenvalue weighted by atomic mass is 10.1. The highest BCUT2D eigenvalue weighted by Crippen LogP contribution is 2.39. The second-order valence-electron chi connectivity index (χ2n) is 5.69. The average molecular weight is 415 g/mol. The Labute approximate surface area is 156 Å². The Morgan fingerprint density at radius 3 is 2.50 bits per heavy atom. The standard InChI is InChI=1S/C15H12F3N5O4S/c1-8-6-7-23-13(19-8)20-14(21-23)28(26,27)22(2)11-9(12(24)25)4-3-5-10(11)15(16,17)18/h3-7H,1-2H3,(H,24,25). The van der Waals surface area contributed by atoms with Crippen molar-refractivity contribution in [2.24, 2.45) is 0 Å². The van der Waals surface area contributed by atoms with Gasteiger partial charge in [-0.05, 0) is 25.1 Å². The number of nitrogens with zero attached hydrogens (tertiary/aromatic N) is 5. The molecule has 148 valence electrons. The van der Waals surface area contributed by atoms with Crippen molar-refractivity contribution < 1.29 is 31.5 Å². The number of halogens is 3. The van der Waals surface area contributed by atoms with Crippen molar-refractivity contribution in [2.75, 3.05) is 11.4 Å². The second-order valence-corrected chi connectivity index (χ2v) is 7.55. The molecule has 9 nitrogen and oxygen atoms in total. The highest BCUT2D eigenvalue weighted by molar-refractivity contribution is 7.92. The van der Waals surface area contributed by atoms with Gasteiger partial charge < -0.3 is 5.11 Å². The number of carboxylic acid groups (broad SMARTS) is 1. The molecule has 3 rings (SSSR count). The van der Waals surface area contributed by atoms with E-state index < -0.39 is 44.1 Å². The number of aromatic nitrogens is 4. The molecule has 0 bridgehead atoms. The van der Waals surface area contributed by atoms with E-state index in [1.54, 1.807) is 6.92 Å². The first-order chi connectivity index (χ1) is 12.9. The lowest BCUT2D eigenvalue weighted by Gasteiger charge is -2.23. The van der Waals surface area contributed by atoms with Crippen molar-refractivity contribution in [1.29, 1.82) is 0 Å². The van der Waals surface area contributed by atoms with Crippen molar-refractivity contribution in [3.8, 4) is 0 Å². The number of fused-ring (bicyclic) bond motifs is 1. The van der Waals surface area contributed by atoms with Crippen molar-refractivity contribution in [2.45, 2.75) is 18.3 Å². The monoisotopic (exact) mass is 415 g/mol. The second kappa shape index (κ2) is 6.44. The molecule has 0 spiro atoms. The lowest BCUT2D eigenvalue weighted by molar-refractivity contribution is -0.137. The number of hydrogen-bond donors (Lipinski definition) is 1. The van der Waals surface area contributed by atoms with Crippen molar-refractivity contribution >= 4 is 27.5 Å². The van der Waals surface area contributed by atoms with Crippen LogP contribution in [0.15, 0.2) is 35.6 Å². The van der Waals surface area contributed by atoms with Crippen LogP contribution in [0.2, 0.25) is 0 Å². The SMILES string of the molecule is Cc1ccn2nc(S(=O)(=O)N(C)c3c(C(=O)O)cccc3C(F)(F)F)nc2n1. The zero-order chi connectivity index (χ0) is 20.9. The molecule has 13 heteroatoms. The molecular weight excluding hydrogens is 403 g/mol. The van der Waals surface area contributed by atoms with Crippen molar-refractivity contribution in [1.82, 2.24) is 19.6 Å². The first-order valence-electron chi connectivity index (χ1n) is 7.55. The molecule has 0 fully saturated rings. The number of alkyl halides is 3. The Morgan fingerprint density at radius 2 is 1.89 bits per heavy atom. The van der Waals surface area contributed by atoms with E-state index in [1.165, 1.54) is 12.3 Å². The normalized spacial score (nSPS) is 12.3. The fourth-order valence-electron chi connectivity index (χ4n) is 2.48. The number of benzene rings is 1. The van der Waals surface area contributed by atoms with Gasteiger partial charge in [-0.2, -0.15) is 26.6 Å². The minimum absolute atomic E-state index is 0.0745. The number of rotatable bonds is 4. The molecule has 0 saturated carbocycles. The summed E-state index contributed by atoms with van der Waals surface area (Å²) in [6.07, 6.45) is -3.61. The molecule has 1 aromatic carbocycles. The summed E-state index contributed by atoms with van der Waals surface area (Å²) in [6, 6.07) is 3.88. The Morgan fingerprint density at radius 1 is 1.21 bits per heavy atom. The summed E-state index contributed by atoms with van der Waals surface area (Å²) in [6.45, 7) is 1.63. The Bertz CT molecular complexity index is 1190. The van der Waals surface area contributed by atoms with E-state index >= 15 is 0 Å².